The van der Waals surface area contributed by atoms with Crippen molar-refractivity contribution in [3.63, 3.8) is 0 Å². The Morgan fingerprint density at radius 3 is 3.17 bits per heavy atom. The Morgan fingerprint density at radius 1 is 1.67 bits per heavy atom. The number of carbonyl (C=O) groups is 1. The number of aromatic nitrogens is 1. The quantitative estimate of drug-likeness (QED) is 0.863. The summed E-state index contributed by atoms with van der Waals surface area (Å²) in [7, 11) is 0. The van der Waals surface area contributed by atoms with E-state index in [-0.39, 0.29) is 5.91 Å². The average molecular weight is 268 g/mol. The molecule has 1 saturated heterocycles. The van der Waals surface area contributed by atoms with Gasteiger partial charge in [-0.1, -0.05) is 6.42 Å². The molecule has 6 heteroatoms. The van der Waals surface area contributed by atoms with Gasteiger partial charge in [-0.25, -0.2) is 4.98 Å². The average Bonchev–Trinajstić information content (AvgIpc) is 2.84. The van der Waals surface area contributed by atoms with Crippen LogP contribution < -0.4 is 11.1 Å². The zero-order chi connectivity index (χ0) is 13.0. The van der Waals surface area contributed by atoms with Gasteiger partial charge in [0, 0.05) is 30.2 Å². The summed E-state index contributed by atoms with van der Waals surface area (Å²) in [6.07, 6.45) is 5.12. The molecule has 100 valence electrons. The molecule has 0 aromatic carbocycles. The number of hydrogen-bond acceptors (Lipinski definition) is 5. The maximum Gasteiger partial charge on any atom is 0.240 e. The number of nitrogens with zero attached hydrogens (tertiary/aromatic N) is 2. The zero-order valence-electron chi connectivity index (χ0n) is 10.6. The molecule has 1 amide bonds. The molecule has 1 fully saturated rings. The van der Waals surface area contributed by atoms with E-state index in [4.69, 9.17) is 5.73 Å². The first-order valence-electron chi connectivity index (χ1n) is 6.36. The van der Waals surface area contributed by atoms with E-state index in [9.17, 15) is 4.79 Å². The van der Waals surface area contributed by atoms with Crippen molar-refractivity contribution in [3.8, 4) is 0 Å². The van der Waals surface area contributed by atoms with Crippen molar-refractivity contribution in [3.05, 3.63) is 11.6 Å². The lowest BCUT2D eigenvalue weighted by Gasteiger charge is -2.39. The second kappa shape index (κ2) is 6.26. The Hall–Kier alpha value is -0.980. The fourth-order valence-corrected chi connectivity index (χ4v) is 3.03. The Bertz CT molecular complexity index is 381. The Kier molecular flexibility index (Phi) is 4.68. The lowest BCUT2D eigenvalue weighted by Crippen LogP contribution is -2.51. The lowest BCUT2D eigenvalue weighted by atomic mass is 9.96. The number of thiazole rings is 1. The van der Waals surface area contributed by atoms with Gasteiger partial charge in [0.15, 0.2) is 5.13 Å². The number of piperidine rings is 1. The molecule has 0 spiro atoms. The van der Waals surface area contributed by atoms with Crippen molar-refractivity contribution in [2.24, 2.45) is 5.73 Å². The van der Waals surface area contributed by atoms with Gasteiger partial charge in [0.05, 0.1) is 6.54 Å². The molecule has 0 saturated carbocycles. The van der Waals surface area contributed by atoms with Crippen LogP contribution in [0.5, 0.6) is 0 Å². The summed E-state index contributed by atoms with van der Waals surface area (Å²) in [4.78, 5) is 18.2. The van der Waals surface area contributed by atoms with Crippen LogP contribution in [0, 0.1) is 0 Å². The van der Waals surface area contributed by atoms with E-state index in [1.54, 1.807) is 6.20 Å². The number of carbonyl (C=O) groups excluding carboxylic acids is 1. The minimum absolute atomic E-state index is 0.00264. The van der Waals surface area contributed by atoms with Crippen LogP contribution >= 0.6 is 11.3 Å². The van der Waals surface area contributed by atoms with Gasteiger partial charge in [-0.2, -0.15) is 0 Å². The van der Waals surface area contributed by atoms with Crippen LogP contribution in [0.15, 0.2) is 11.6 Å². The normalized spacial score (nSPS) is 25.0. The molecule has 1 aliphatic rings. The van der Waals surface area contributed by atoms with Gasteiger partial charge in [0.1, 0.15) is 0 Å². The highest BCUT2D eigenvalue weighted by Crippen LogP contribution is 2.22. The van der Waals surface area contributed by atoms with Crippen LogP contribution in [0.2, 0.25) is 0 Å². The van der Waals surface area contributed by atoms with Crippen molar-refractivity contribution in [1.82, 2.24) is 9.88 Å². The molecule has 1 aromatic rings. The summed E-state index contributed by atoms with van der Waals surface area (Å²) in [5.74, 6) is -0.00264. The van der Waals surface area contributed by atoms with Crippen LogP contribution in [0.3, 0.4) is 0 Å². The number of amides is 1. The summed E-state index contributed by atoms with van der Waals surface area (Å²) in [5.41, 5.74) is 5.78. The molecule has 0 aliphatic carbocycles. The predicted octanol–water partition coefficient (Wildman–Crippen LogP) is 1.28. The van der Waals surface area contributed by atoms with Gasteiger partial charge in [-0.3, -0.25) is 9.69 Å². The zero-order valence-corrected chi connectivity index (χ0v) is 11.4. The van der Waals surface area contributed by atoms with E-state index in [2.05, 4.69) is 22.1 Å². The van der Waals surface area contributed by atoms with Gasteiger partial charge in [0.2, 0.25) is 5.91 Å². The van der Waals surface area contributed by atoms with Gasteiger partial charge < -0.3 is 11.1 Å². The summed E-state index contributed by atoms with van der Waals surface area (Å²) in [6.45, 7) is 3.19. The van der Waals surface area contributed by atoms with Crippen LogP contribution in [0.25, 0.3) is 0 Å². The molecule has 2 atom stereocenters. The molecule has 2 unspecified atom stereocenters. The van der Waals surface area contributed by atoms with Crippen LogP contribution in [0.4, 0.5) is 5.13 Å². The van der Waals surface area contributed by atoms with Crippen molar-refractivity contribution in [2.45, 2.75) is 38.3 Å². The summed E-state index contributed by atoms with van der Waals surface area (Å²) in [6, 6.07) is 0.755. The highest BCUT2D eigenvalue weighted by atomic mass is 32.1. The highest BCUT2D eigenvalue weighted by molar-refractivity contribution is 7.13. The second-order valence-corrected chi connectivity index (χ2v) is 5.62. The maximum absolute atomic E-state index is 12.0. The summed E-state index contributed by atoms with van der Waals surface area (Å²) in [5, 5.41) is 5.33. The van der Waals surface area contributed by atoms with E-state index < -0.39 is 0 Å². The maximum atomic E-state index is 12.0. The third-order valence-electron chi connectivity index (χ3n) is 3.47. The SMILES string of the molecule is CC1CCCC(CN)N1CC(=O)Nc1nccs1. The molecule has 3 N–H and O–H groups in total. The fraction of sp³-hybridized carbons (Fsp3) is 0.667. The smallest absolute Gasteiger partial charge is 0.240 e. The van der Waals surface area contributed by atoms with Crippen LogP contribution in [0.1, 0.15) is 26.2 Å². The number of anilines is 1. The van der Waals surface area contributed by atoms with Crippen LogP contribution in [-0.2, 0) is 4.79 Å². The topological polar surface area (TPSA) is 71.2 Å². The Morgan fingerprint density at radius 2 is 2.50 bits per heavy atom. The number of nitrogens with one attached hydrogen (secondary N) is 1. The standard InChI is InChI=1S/C12H20N4OS/c1-9-3-2-4-10(7-13)16(9)8-11(17)15-12-14-5-6-18-12/h5-6,9-10H,2-4,7-8,13H2,1H3,(H,14,15,17). The molecule has 5 nitrogen and oxygen atoms in total. The van der Waals surface area contributed by atoms with E-state index >= 15 is 0 Å². The summed E-state index contributed by atoms with van der Waals surface area (Å²) < 4.78 is 0. The molecule has 2 heterocycles. The van der Waals surface area contributed by atoms with Gasteiger partial charge in [-0.05, 0) is 19.8 Å². The number of likely N-dealkylation sites (tertiary alicyclic amines) is 1. The van der Waals surface area contributed by atoms with E-state index in [0.717, 1.165) is 12.8 Å². The van der Waals surface area contributed by atoms with Crippen molar-refractivity contribution >= 4 is 22.4 Å². The molecule has 1 aromatic heterocycles. The van der Waals surface area contributed by atoms with E-state index in [1.807, 2.05) is 5.38 Å². The summed E-state index contributed by atoms with van der Waals surface area (Å²) >= 11 is 1.43. The molecular formula is C12H20N4OS. The predicted molar refractivity (Wildman–Crippen MR) is 73.6 cm³/mol. The first-order valence-corrected chi connectivity index (χ1v) is 7.24. The molecule has 0 bridgehead atoms. The third-order valence-corrected chi connectivity index (χ3v) is 4.16. The molecular weight excluding hydrogens is 248 g/mol. The monoisotopic (exact) mass is 268 g/mol. The van der Waals surface area contributed by atoms with Crippen LogP contribution in [-0.4, -0.2) is 41.0 Å². The van der Waals surface area contributed by atoms with Gasteiger partial charge in [-0.15, -0.1) is 11.3 Å². The molecule has 1 aliphatic heterocycles. The highest BCUT2D eigenvalue weighted by Gasteiger charge is 2.28. The Balaban J connectivity index is 1.91. The first kappa shape index (κ1) is 13.5. The minimum Gasteiger partial charge on any atom is -0.329 e. The molecule has 0 radical (unpaired) electrons. The fourth-order valence-electron chi connectivity index (χ4n) is 2.49. The largest absolute Gasteiger partial charge is 0.329 e. The molecule has 18 heavy (non-hydrogen) atoms. The van der Waals surface area contributed by atoms with Crippen molar-refractivity contribution < 1.29 is 4.79 Å². The molecule has 2 rings (SSSR count). The lowest BCUT2D eigenvalue weighted by molar-refractivity contribution is -0.118. The first-order chi connectivity index (χ1) is 8.70. The van der Waals surface area contributed by atoms with E-state index in [1.165, 1.54) is 17.8 Å². The Labute approximate surface area is 111 Å². The van der Waals surface area contributed by atoms with E-state index in [0.29, 0.717) is 30.3 Å². The number of hydrogen-bond donors (Lipinski definition) is 2. The van der Waals surface area contributed by atoms with Crippen molar-refractivity contribution in [1.29, 1.82) is 0 Å². The van der Waals surface area contributed by atoms with Crippen molar-refractivity contribution in [2.75, 3.05) is 18.4 Å². The van der Waals surface area contributed by atoms with Gasteiger partial charge in [0.25, 0.3) is 0 Å². The third kappa shape index (κ3) is 3.28. The number of nitrogens with two attached hydrogens (primary N) is 1. The second-order valence-electron chi connectivity index (χ2n) is 4.73. The number of rotatable bonds is 4. The minimum atomic E-state index is -0.00264. The van der Waals surface area contributed by atoms with Gasteiger partial charge >= 0.3 is 0 Å².